The molecular weight excluding hydrogens is 793 g/mol. The number of allylic oxidation sites excluding steroid dienone is 3. The fourth-order valence-electron chi connectivity index (χ4n) is 9.52. The zero-order valence-electron chi connectivity index (χ0n) is 37.3. The van der Waals surface area contributed by atoms with Crippen molar-refractivity contribution >= 4 is 49.7 Å². The van der Waals surface area contributed by atoms with Gasteiger partial charge in [0.05, 0.1) is 23.7 Å². The van der Waals surface area contributed by atoms with Crippen molar-refractivity contribution in [3.8, 4) is 0 Å². The van der Waals surface area contributed by atoms with Gasteiger partial charge in [-0.05, 0) is 92.1 Å². The Hall–Kier alpha value is -4.30. The average Bonchev–Trinajstić information content (AvgIpc) is 3.43. The first kappa shape index (κ1) is 46.2. The molecule has 334 valence electrons. The van der Waals surface area contributed by atoms with Gasteiger partial charge in [0.25, 0.3) is 11.8 Å². The molecule has 0 bridgehead atoms. The molecule has 14 heteroatoms. The van der Waals surface area contributed by atoms with E-state index in [1.807, 2.05) is 0 Å². The lowest BCUT2D eigenvalue weighted by atomic mass is 9.65. The monoisotopic (exact) mass is 860 g/mol. The largest absolute Gasteiger partial charge is 0.462 e. The number of fused-ring (bicyclic) bond motifs is 2. The van der Waals surface area contributed by atoms with Crippen LogP contribution < -0.4 is 16.0 Å². The van der Waals surface area contributed by atoms with E-state index < -0.39 is 38.0 Å². The maximum atomic E-state index is 13.3. The fourth-order valence-corrected chi connectivity index (χ4v) is 10.9. The Kier molecular flexibility index (Phi) is 15.0. The van der Waals surface area contributed by atoms with E-state index in [-0.39, 0.29) is 71.2 Å². The number of nitrogens with zero attached hydrogens (tertiary/aromatic N) is 1. The molecular formula is C47H68N4O9Si. The Bertz CT molecular complexity index is 1890. The van der Waals surface area contributed by atoms with Gasteiger partial charge >= 0.3 is 12.1 Å². The summed E-state index contributed by atoms with van der Waals surface area (Å²) in [5.41, 5.74) is 2.34. The summed E-state index contributed by atoms with van der Waals surface area (Å²) < 4.78 is 18.7. The van der Waals surface area contributed by atoms with Gasteiger partial charge in [-0.15, -0.1) is 0 Å². The van der Waals surface area contributed by atoms with Gasteiger partial charge in [-0.25, -0.2) is 4.79 Å². The smallest absolute Gasteiger partial charge is 0.407 e. The van der Waals surface area contributed by atoms with Crippen LogP contribution in [-0.4, -0.2) is 86.4 Å². The van der Waals surface area contributed by atoms with Gasteiger partial charge in [0.1, 0.15) is 18.2 Å². The van der Waals surface area contributed by atoms with E-state index in [1.165, 1.54) is 5.57 Å². The van der Waals surface area contributed by atoms with E-state index in [9.17, 15) is 28.8 Å². The number of carbonyl (C=O) groups excluding carboxylic acids is 6. The van der Waals surface area contributed by atoms with Crippen molar-refractivity contribution < 1.29 is 42.7 Å². The second-order valence-electron chi connectivity index (χ2n) is 19.5. The highest BCUT2D eigenvalue weighted by molar-refractivity contribution is 6.74. The second kappa shape index (κ2) is 19.8. The Labute approximate surface area is 362 Å². The Balaban J connectivity index is 0.895. The van der Waals surface area contributed by atoms with Crippen molar-refractivity contribution in [1.82, 2.24) is 15.5 Å². The molecule has 0 aromatic heterocycles. The summed E-state index contributed by atoms with van der Waals surface area (Å²) in [5, 5.41) is 8.61. The number of hydrogen-bond donors (Lipinski definition) is 3. The molecule has 8 atom stereocenters. The van der Waals surface area contributed by atoms with E-state index in [2.05, 4.69) is 81.9 Å². The zero-order valence-corrected chi connectivity index (χ0v) is 38.3. The van der Waals surface area contributed by atoms with Crippen molar-refractivity contribution in [3.05, 3.63) is 53.1 Å². The summed E-state index contributed by atoms with van der Waals surface area (Å²) in [6.45, 7) is 16.7. The van der Waals surface area contributed by atoms with Gasteiger partial charge in [-0.3, -0.25) is 34.2 Å². The van der Waals surface area contributed by atoms with Crippen LogP contribution >= 0.6 is 0 Å². The minimum atomic E-state index is -2.03. The number of unbranched alkanes of at least 4 members (excludes halogenated alkanes) is 5. The number of imide groups is 2. The highest BCUT2D eigenvalue weighted by Crippen LogP contribution is 2.46. The summed E-state index contributed by atoms with van der Waals surface area (Å²) in [6.07, 6.45) is 15.3. The number of amides is 5. The summed E-state index contributed by atoms with van der Waals surface area (Å²) in [4.78, 5) is 77.4. The normalized spacial score (nSPS) is 27.8. The molecule has 2 aliphatic carbocycles. The second-order valence-corrected chi connectivity index (χ2v) is 24.3. The van der Waals surface area contributed by atoms with Crippen LogP contribution in [0.1, 0.15) is 139 Å². The first-order valence-electron chi connectivity index (χ1n) is 22.7. The molecule has 3 N–H and O–H groups in total. The quantitative estimate of drug-likeness (QED) is 0.0601. The van der Waals surface area contributed by atoms with E-state index in [4.69, 9.17) is 13.9 Å². The molecule has 5 aliphatic rings. The number of cyclic esters (lactones) is 1. The highest BCUT2D eigenvalue weighted by Gasteiger charge is 2.47. The number of carbonyl (C=O) groups is 6. The molecule has 0 spiro atoms. The number of piperidine rings is 1. The third kappa shape index (κ3) is 11.2. The van der Waals surface area contributed by atoms with Gasteiger partial charge < -0.3 is 24.5 Å². The Morgan fingerprint density at radius 1 is 0.951 bits per heavy atom. The minimum absolute atomic E-state index is 0.0626. The number of rotatable bonds is 17. The third-order valence-electron chi connectivity index (χ3n) is 13.8. The standard InChI is InChI=1S/C47H68N4O9Si/c1-29-25-31-18-17-30(2)34(20-19-32-27-33(28-40(53)58-32)60-61(6,7)47(3,4)5)41(31)38(26-29)59-46(57)49-24-13-11-9-8-10-12-23-48-36-16-14-15-35-42(36)45(56)51(44(35)55)37-21-22-39(52)50-43(37)54/h14-18,25,29-30,32-34,37-38,41,48H,8-13,19-24,26-28H2,1-7H3,(H,49,57)(H,50,52,54)/t29-,30-,32+,33+,34-,37?,38-,41-/m0/s1. The number of ether oxygens (including phenoxy) is 2. The molecule has 1 aromatic rings. The van der Waals surface area contributed by atoms with Crippen LogP contribution in [0.4, 0.5) is 10.5 Å². The van der Waals surface area contributed by atoms with Crippen molar-refractivity contribution in [2.75, 3.05) is 18.4 Å². The van der Waals surface area contributed by atoms with Crippen LogP contribution in [-0.2, 0) is 28.3 Å². The van der Waals surface area contributed by atoms with Gasteiger partial charge in [-0.1, -0.05) is 84.6 Å². The number of nitrogens with one attached hydrogen (secondary N) is 3. The van der Waals surface area contributed by atoms with Crippen LogP contribution in [0.3, 0.4) is 0 Å². The van der Waals surface area contributed by atoms with Gasteiger partial charge in [-0.2, -0.15) is 0 Å². The van der Waals surface area contributed by atoms with E-state index >= 15 is 0 Å². The molecule has 2 fully saturated rings. The summed E-state index contributed by atoms with van der Waals surface area (Å²) >= 11 is 0. The first-order valence-corrected chi connectivity index (χ1v) is 25.6. The van der Waals surface area contributed by atoms with E-state index in [0.717, 1.165) is 69.1 Å². The van der Waals surface area contributed by atoms with Crippen molar-refractivity contribution in [3.63, 3.8) is 0 Å². The summed E-state index contributed by atoms with van der Waals surface area (Å²) in [5.74, 6) is -1.30. The molecule has 3 aliphatic heterocycles. The summed E-state index contributed by atoms with van der Waals surface area (Å²) in [6, 6.07) is 4.09. The molecule has 3 heterocycles. The van der Waals surface area contributed by atoms with Crippen LogP contribution in [0, 0.1) is 23.7 Å². The minimum Gasteiger partial charge on any atom is -0.462 e. The molecule has 1 unspecified atom stereocenters. The van der Waals surface area contributed by atoms with Gasteiger partial charge in [0, 0.05) is 37.5 Å². The lowest BCUT2D eigenvalue weighted by Crippen LogP contribution is -2.54. The third-order valence-corrected chi connectivity index (χ3v) is 18.4. The molecule has 5 amide bonds. The van der Waals surface area contributed by atoms with Gasteiger partial charge in [0.2, 0.25) is 11.8 Å². The number of benzene rings is 1. The van der Waals surface area contributed by atoms with Crippen LogP contribution in [0.5, 0.6) is 0 Å². The van der Waals surface area contributed by atoms with Crippen molar-refractivity contribution in [2.24, 2.45) is 23.7 Å². The lowest BCUT2D eigenvalue weighted by molar-refractivity contribution is -0.160. The number of esters is 1. The number of hydrogen-bond acceptors (Lipinski definition) is 10. The Morgan fingerprint density at radius 3 is 2.39 bits per heavy atom. The van der Waals surface area contributed by atoms with Crippen LogP contribution in [0.2, 0.25) is 18.1 Å². The topological polar surface area (TPSA) is 169 Å². The number of alkyl carbamates (subject to hydrolysis) is 1. The summed E-state index contributed by atoms with van der Waals surface area (Å²) in [7, 11) is -2.03. The first-order chi connectivity index (χ1) is 28.9. The molecule has 61 heavy (non-hydrogen) atoms. The lowest BCUT2D eigenvalue weighted by Gasteiger charge is -2.44. The molecule has 13 nitrogen and oxygen atoms in total. The van der Waals surface area contributed by atoms with Crippen LogP contribution in [0.25, 0.3) is 0 Å². The highest BCUT2D eigenvalue weighted by atomic mass is 28.4. The predicted molar refractivity (Wildman–Crippen MR) is 235 cm³/mol. The van der Waals surface area contributed by atoms with E-state index in [1.54, 1.807) is 18.2 Å². The van der Waals surface area contributed by atoms with Crippen molar-refractivity contribution in [1.29, 1.82) is 0 Å². The van der Waals surface area contributed by atoms with E-state index in [0.29, 0.717) is 37.0 Å². The van der Waals surface area contributed by atoms with Crippen molar-refractivity contribution in [2.45, 2.75) is 161 Å². The predicted octanol–water partition coefficient (Wildman–Crippen LogP) is 8.22. The molecule has 2 saturated heterocycles. The van der Waals surface area contributed by atoms with Gasteiger partial charge in [0.15, 0.2) is 8.32 Å². The zero-order chi connectivity index (χ0) is 44.1. The van der Waals surface area contributed by atoms with Crippen LogP contribution in [0.15, 0.2) is 42.0 Å². The Morgan fingerprint density at radius 2 is 1.67 bits per heavy atom. The molecule has 0 radical (unpaired) electrons. The molecule has 1 aromatic carbocycles. The fraction of sp³-hybridized carbons (Fsp3) is 0.660. The molecule has 0 saturated carbocycles. The number of anilines is 1. The molecule has 6 rings (SSSR count). The maximum Gasteiger partial charge on any atom is 0.407 e. The average molecular weight is 861 g/mol. The SMILES string of the molecule is C[C@H]1C=C2C=C[C@H](C)[C@H](CC[C@@H]3C[C@@H](O[Si](C)(C)C(C)(C)C)CC(=O)O3)[C@H]2[C@@H](OC(=O)NCCCCCCCCNc2cccc3c2C(=O)N(C2CCC(=O)NC2=O)C3=O)C1. The maximum absolute atomic E-state index is 13.3.